The van der Waals surface area contributed by atoms with Crippen molar-refractivity contribution in [2.75, 3.05) is 24.6 Å². The van der Waals surface area contributed by atoms with E-state index < -0.39 is 12.3 Å². The maximum atomic E-state index is 12.6. The summed E-state index contributed by atoms with van der Waals surface area (Å²) in [5.41, 5.74) is 4.72. The largest absolute Gasteiger partial charge is 0.415 e. The second-order valence-corrected chi connectivity index (χ2v) is 9.06. The van der Waals surface area contributed by atoms with Crippen molar-refractivity contribution in [2.45, 2.75) is 19.5 Å². The molecule has 2 aromatic heterocycles. The zero-order valence-corrected chi connectivity index (χ0v) is 18.6. The van der Waals surface area contributed by atoms with Gasteiger partial charge in [-0.15, -0.1) is 15.3 Å². The third-order valence-corrected chi connectivity index (χ3v) is 6.39. The fourth-order valence-electron chi connectivity index (χ4n) is 3.73. The summed E-state index contributed by atoms with van der Waals surface area (Å²) in [6, 6.07) is 15.7. The van der Waals surface area contributed by atoms with Crippen molar-refractivity contribution in [3.8, 4) is 22.7 Å². The monoisotopic (exact) mass is 468 g/mol. The highest BCUT2D eigenvalue weighted by atomic mass is 32.2. The second kappa shape index (κ2) is 9.80. The van der Waals surface area contributed by atoms with Gasteiger partial charge in [0.25, 0.3) is 5.89 Å². The lowest BCUT2D eigenvalue weighted by atomic mass is 10.1. The quantitative estimate of drug-likeness (QED) is 0.395. The van der Waals surface area contributed by atoms with Crippen LogP contribution in [-0.4, -0.2) is 54.7 Å². The average molecular weight is 469 g/mol. The topological polar surface area (TPSA) is 72.9 Å². The lowest BCUT2D eigenvalue weighted by Gasteiger charge is -2.26. The van der Waals surface area contributed by atoms with Crippen LogP contribution in [0.2, 0.25) is 0 Å². The highest BCUT2D eigenvalue weighted by Gasteiger charge is 2.17. The zero-order valence-electron chi connectivity index (χ0n) is 17.8. The van der Waals surface area contributed by atoms with Gasteiger partial charge in [0.05, 0.1) is 12.7 Å². The van der Waals surface area contributed by atoms with Gasteiger partial charge < -0.3 is 4.42 Å². The Balaban J connectivity index is 1.25. The predicted octanol–water partition coefficient (Wildman–Crippen LogP) is 4.53. The van der Waals surface area contributed by atoms with Crippen LogP contribution in [0, 0.1) is 0 Å². The molecule has 0 amide bonds. The van der Waals surface area contributed by atoms with Gasteiger partial charge in [0, 0.05) is 42.3 Å². The van der Waals surface area contributed by atoms with Crippen LogP contribution >= 0.6 is 11.8 Å². The van der Waals surface area contributed by atoms with E-state index in [1.165, 1.54) is 17.1 Å². The first-order valence-electron chi connectivity index (χ1n) is 10.6. The molecule has 0 bridgehead atoms. The number of halogens is 2. The van der Waals surface area contributed by atoms with Crippen molar-refractivity contribution in [1.82, 2.24) is 30.1 Å². The number of alkyl halides is 2. The summed E-state index contributed by atoms with van der Waals surface area (Å²) in [6.07, 6.45) is -0.853. The Labute approximate surface area is 193 Å². The zero-order chi connectivity index (χ0) is 22.6. The van der Waals surface area contributed by atoms with Crippen molar-refractivity contribution in [1.29, 1.82) is 0 Å². The summed E-state index contributed by atoms with van der Waals surface area (Å²) in [5.74, 6) is 1.78. The van der Waals surface area contributed by atoms with Gasteiger partial charge in [0.15, 0.2) is 0 Å². The molecule has 1 saturated heterocycles. The molecule has 0 spiro atoms. The summed E-state index contributed by atoms with van der Waals surface area (Å²) < 4.78 is 32.1. The molecule has 0 radical (unpaired) electrons. The molecule has 7 nitrogen and oxygen atoms in total. The summed E-state index contributed by atoms with van der Waals surface area (Å²) in [5, 5.41) is 15.6. The van der Waals surface area contributed by atoms with E-state index in [1.807, 2.05) is 30.1 Å². The molecule has 33 heavy (non-hydrogen) atoms. The minimum Gasteiger partial charge on any atom is -0.415 e. The highest BCUT2D eigenvalue weighted by Crippen LogP contribution is 2.24. The minimum atomic E-state index is -2.78. The summed E-state index contributed by atoms with van der Waals surface area (Å²) in [7, 11) is 0. The van der Waals surface area contributed by atoms with Crippen LogP contribution < -0.4 is 0 Å². The number of aromatic nitrogens is 5. The van der Waals surface area contributed by atoms with E-state index in [4.69, 9.17) is 4.42 Å². The number of hydrogen-bond donors (Lipinski definition) is 0. The van der Waals surface area contributed by atoms with Crippen molar-refractivity contribution in [3.05, 3.63) is 71.7 Å². The first-order chi connectivity index (χ1) is 16.1. The van der Waals surface area contributed by atoms with Gasteiger partial charge in [0.1, 0.15) is 5.69 Å². The van der Waals surface area contributed by atoms with Crippen molar-refractivity contribution >= 4 is 11.8 Å². The maximum absolute atomic E-state index is 12.6. The Hall–Kier alpha value is -3.11. The fourth-order valence-corrected chi connectivity index (χ4v) is 4.71. The lowest BCUT2D eigenvalue weighted by molar-refractivity contribution is 0.116. The van der Waals surface area contributed by atoms with E-state index in [0.29, 0.717) is 12.1 Å². The SMILES string of the molecule is FC(F)c1nnc(-c2ccc(Cn3cc(-c4cccc(CN5CCSCC5)c4)nn3)cc2)o1. The molecule has 0 N–H and O–H groups in total. The maximum Gasteiger partial charge on any atom is 0.314 e. The lowest BCUT2D eigenvalue weighted by Crippen LogP contribution is -2.31. The van der Waals surface area contributed by atoms with E-state index in [2.05, 4.69) is 49.7 Å². The van der Waals surface area contributed by atoms with Crippen molar-refractivity contribution in [3.63, 3.8) is 0 Å². The molecule has 1 fully saturated rings. The molecule has 4 aromatic rings. The van der Waals surface area contributed by atoms with Gasteiger partial charge in [-0.25, -0.2) is 4.68 Å². The van der Waals surface area contributed by atoms with Crippen LogP contribution in [0.25, 0.3) is 22.7 Å². The number of benzene rings is 2. The van der Waals surface area contributed by atoms with Gasteiger partial charge in [-0.1, -0.05) is 35.5 Å². The first kappa shape index (κ1) is 21.7. The fraction of sp³-hybridized carbons (Fsp3) is 0.304. The number of thioether (sulfide) groups is 1. The third-order valence-electron chi connectivity index (χ3n) is 5.44. The molecule has 1 aliphatic heterocycles. The van der Waals surface area contributed by atoms with E-state index in [1.54, 1.807) is 16.8 Å². The molecular formula is C23H22F2N6OS. The molecule has 10 heteroatoms. The predicted molar refractivity (Wildman–Crippen MR) is 122 cm³/mol. The summed E-state index contributed by atoms with van der Waals surface area (Å²) in [6.45, 7) is 3.74. The van der Waals surface area contributed by atoms with Crippen molar-refractivity contribution in [2.24, 2.45) is 0 Å². The van der Waals surface area contributed by atoms with E-state index in [9.17, 15) is 8.78 Å². The van der Waals surface area contributed by atoms with E-state index >= 15 is 0 Å². The Kier molecular flexibility index (Phi) is 6.45. The van der Waals surface area contributed by atoms with Gasteiger partial charge in [0.2, 0.25) is 5.89 Å². The summed E-state index contributed by atoms with van der Waals surface area (Å²) >= 11 is 2.01. The summed E-state index contributed by atoms with van der Waals surface area (Å²) in [4.78, 5) is 2.48. The smallest absolute Gasteiger partial charge is 0.314 e. The van der Waals surface area contributed by atoms with Crippen LogP contribution in [-0.2, 0) is 13.1 Å². The van der Waals surface area contributed by atoms with E-state index in [0.717, 1.165) is 36.5 Å². The minimum absolute atomic E-state index is 0.0723. The highest BCUT2D eigenvalue weighted by molar-refractivity contribution is 7.99. The van der Waals surface area contributed by atoms with Crippen LogP contribution in [0.4, 0.5) is 8.78 Å². The van der Waals surface area contributed by atoms with Crippen LogP contribution in [0.3, 0.4) is 0 Å². The molecular weight excluding hydrogens is 446 g/mol. The Morgan fingerprint density at radius 1 is 0.909 bits per heavy atom. The Morgan fingerprint density at radius 2 is 1.73 bits per heavy atom. The molecule has 0 atom stereocenters. The normalized spacial score (nSPS) is 14.8. The molecule has 5 rings (SSSR count). The average Bonchev–Trinajstić information content (AvgIpc) is 3.51. The molecule has 0 unspecified atom stereocenters. The van der Waals surface area contributed by atoms with Gasteiger partial charge >= 0.3 is 6.43 Å². The van der Waals surface area contributed by atoms with E-state index in [-0.39, 0.29) is 5.89 Å². The number of hydrogen-bond acceptors (Lipinski definition) is 7. The number of rotatable bonds is 7. The molecule has 0 aliphatic carbocycles. The van der Waals surface area contributed by atoms with Gasteiger partial charge in [-0.3, -0.25) is 4.90 Å². The first-order valence-corrected chi connectivity index (χ1v) is 11.8. The Bertz CT molecular complexity index is 1200. The van der Waals surface area contributed by atoms with Crippen LogP contribution in [0.5, 0.6) is 0 Å². The molecule has 1 aliphatic rings. The Morgan fingerprint density at radius 3 is 2.48 bits per heavy atom. The van der Waals surface area contributed by atoms with Gasteiger partial charge in [-0.2, -0.15) is 20.5 Å². The van der Waals surface area contributed by atoms with Crippen LogP contribution in [0.1, 0.15) is 23.4 Å². The standard InChI is InChI=1S/C23H22F2N6OS/c24-21(25)23-28-27-22(32-23)18-6-4-16(5-7-18)14-31-15-20(26-29-31)19-3-1-2-17(12-19)13-30-8-10-33-11-9-30/h1-7,12,15,21H,8-11,13-14H2. The third kappa shape index (κ3) is 5.28. The van der Waals surface area contributed by atoms with Crippen molar-refractivity contribution < 1.29 is 13.2 Å². The molecule has 3 heterocycles. The number of nitrogens with zero attached hydrogens (tertiary/aromatic N) is 6. The van der Waals surface area contributed by atoms with Gasteiger partial charge in [-0.05, 0) is 29.3 Å². The van der Waals surface area contributed by atoms with Crippen LogP contribution in [0.15, 0.2) is 59.1 Å². The molecule has 0 saturated carbocycles. The molecule has 2 aromatic carbocycles. The molecule has 170 valence electrons. The second-order valence-electron chi connectivity index (χ2n) is 7.83.